The Morgan fingerprint density at radius 1 is 1.35 bits per heavy atom. The van der Waals surface area contributed by atoms with Crippen molar-refractivity contribution in [1.29, 1.82) is 0 Å². The van der Waals surface area contributed by atoms with Gasteiger partial charge in [0.15, 0.2) is 0 Å². The quantitative estimate of drug-likeness (QED) is 0.893. The number of aromatic nitrogens is 1. The van der Waals surface area contributed by atoms with Gasteiger partial charge in [-0.3, -0.25) is 0 Å². The molecule has 2 nitrogen and oxygen atoms in total. The first-order chi connectivity index (χ1) is 8.25. The van der Waals surface area contributed by atoms with Crippen molar-refractivity contribution in [3.63, 3.8) is 0 Å². The van der Waals surface area contributed by atoms with E-state index in [0.29, 0.717) is 5.92 Å². The van der Waals surface area contributed by atoms with E-state index in [1.807, 2.05) is 6.07 Å². The summed E-state index contributed by atoms with van der Waals surface area (Å²) in [6.45, 7) is 3.95. The molecule has 0 fully saturated rings. The molecule has 0 saturated carbocycles. The molecule has 2 rings (SSSR count). The number of rotatable bonds is 5. The second-order valence-electron chi connectivity index (χ2n) is 4.00. The first kappa shape index (κ1) is 12.6. The molecule has 4 heteroatoms. The van der Waals surface area contributed by atoms with Crippen LogP contribution >= 0.6 is 22.9 Å². The summed E-state index contributed by atoms with van der Waals surface area (Å²) >= 11 is 7.35. The zero-order chi connectivity index (χ0) is 12.1. The van der Waals surface area contributed by atoms with Gasteiger partial charge in [-0.15, -0.1) is 11.3 Å². The predicted molar refractivity (Wildman–Crippen MR) is 73.7 cm³/mol. The van der Waals surface area contributed by atoms with Crippen LogP contribution in [0.5, 0.6) is 0 Å². The topological polar surface area (TPSA) is 24.9 Å². The van der Waals surface area contributed by atoms with Crippen LogP contribution in [0.1, 0.15) is 23.4 Å². The van der Waals surface area contributed by atoms with E-state index >= 15 is 0 Å². The van der Waals surface area contributed by atoms with Gasteiger partial charge >= 0.3 is 0 Å². The summed E-state index contributed by atoms with van der Waals surface area (Å²) in [5.74, 6) is 0.506. The summed E-state index contributed by atoms with van der Waals surface area (Å²) < 4.78 is 0.748. The van der Waals surface area contributed by atoms with Gasteiger partial charge in [0.2, 0.25) is 0 Å². The number of benzene rings is 1. The van der Waals surface area contributed by atoms with Gasteiger partial charge in [-0.05, 0) is 11.5 Å². The highest BCUT2D eigenvalue weighted by Gasteiger charge is 2.05. The molecule has 1 N–H and O–H groups in total. The van der Waals surface area contributed by atoms with E-state index in [2.05, 4.69) is 41.5 Å². The van der Waals surface area contributed by atoms with Crippen LogP contribution in [0, 0.1) is 0 Å². The van der Waals surface area contributed by atoms with Crippen molar-refractivity contribution in [2.24, 2.45) is 0 Å². The number of thiazole rings is 1. The SMILES string of the molecule is CC(CNCc1ncc(Cl)s1)c1ccccc1. The molecule has 0 aliphatic rings. The molecule has 1 aromatic heterocycles. The molecule has 0 aliphatic heterocycles. The van der Waals surface area contributed by atoms with Crippen LogP contribution in [-0.4, -0.2) is 11.5 Å². The Kier molecular flexibility index (Phi) is 4.54. The number of nitrogens with zero attached hydrogens (tertiary/aromatic N) is 1. The van der Waals surface area contributed by atoms with Crippen LogP contribution in [0.3, 0.4) is 0 Å². The normalized spacial score (nSPS) is 12.6. The minimum Gasteiger partial charge on any atom is -0.310 e. The van der Waals surface area contributed by atoms with E-state index in [-0.39, 0.29) is 0 Å². The Bertz CT molecular complexity index is 455. The van der Waals surface area contributed by atoms with E-state index < -0.39 is 0 Å². The fraction of sp³-hybridized carbons (Fsp3) is 0.308. The molecule has 1 unspecified atom stereocenters. The molecule has 0 saturated heterocycles. The second kappa shape index (κ2) is 6.15. The van der Waals surface area contributed by atoms with Gasteiger partial charge in [0.1, 0.15) is 9.34 Å². The Morgan fingerprint density at radius 3 is 2.76 bits per heavy atom. The van der Waals surface area contributed by atoms with Gasteiger partial charge in [0, 0.05) is 13.1 Å². The third kappa shape index (κ3) is 3.80. The van der Waals surface area contributed by atoms with E-state index in [1.54, 1.807) is 6.20 Å². The van der Waals surface area contributed by atoms with Crippen molar-refractivity contribution < 1.29 is 0 Å². The molecule has 2 aromatic rings. The van der Waals surface area contributed by atoms with Gasteiger partial charge in [0.05, 0.1) is 6.20 Å². The lowest BCUT2D eigenvalue weighted by molar-refractivity contribution is 0.613. The average molecular weight is 267 g/mol. The summed E-state index contributed by atoms with van der Waals surface area (Å²) in [7, 11) is 0. The first-order valence-corrected chi connectivity index (χ1v) is 6.81. The van der Waals surface area contributed by atoms with Crippen molar-refractivity contribution in [3.05, 3.63) is 51.4 Å². The lowest BCUT2D eigenvalue weighted by Gasteiger charge is -2.12. The van der Waals surface area contributed by atoms with Crippen molar-refractivity contribution >= 4 is 22.9 Å². The van der Waals surface area contributed by atoms with Crippen LogP contribution in [0.15, 0.2) is 36.5 Å². The molecule has 0 aliphatic carbocycles. The van der Waals surface area contributed by atoms with Crippen LogP contribution in [0.25, 0.3) is 0 Å². The maximum absolute atomic E-state index is 5.83. The van der Waals surface area contributed by atoms with Crippen molar-refractivity contribution in [2.45, 2.75) is 19.4 Å². The minimum absolute atomic E-state index is 0.506. The molecular weight excluding hydrogens is 252 g/mol. The highest BCUT2D eigenvalue weighted by molar-refractivity contribution is 7.15. The summed E-state index contributed by atoms with van der Waals surface area (Å²) in [6, 6.07) is 10.5. The van der Waals surface area contributed by atoms with E-state index in [0.717, 1.165) is 22.4 Å². The summed E-state index contributed by atoms with van der Waals surface area (Å²) in [6.07, 6.45) is 1.70. The third-order valence-corrected chi connectivity index (χ3v) is 3.74. The van der Waals surface area contributed by atoms with Crippen LogP contribution < -0.4 is 5.32 Å². The maximum Gasteiger partial charge on any atom is 0.113 e. The van der Waals surface area contributed by atoms with E-state index in [4.69, 9.17) is 11.6 Å². The zero-order valence-electron chi connectivity index (χ0n) is 9.69. The summed E-state index contributed by atoms with van der Waals surface area (Å²) in [4.78, 5) is 4.21. The molecule has 0 radical (unpaired) electrons. The maximum atomic E-state index is 5.83. The lowest BCUT2D eigenvalue weighted by Crippen LogP contribution is -2.19. The Labute approximate surface area is 111 Å². The van der Waals surface area contributed by atoms with Gasteiger partial charge in [-0.25, -0.2) is 4.98 Å². The number of hydrogen-bond acceptors (Lipinski definition) is 3. The number of halogens is 1. The van der Waals surface area contributed by atoms with Crippen LogP contribution in [-0.2, 0) is 6.54 Å². The molecule has 1 aromatic carbocycles. The lowest BCUT2D eigenvalue weighted by atomic mass is 10.0. The number of nitrogens with one attached hydrogen (secondary N) is 1. The highest BCUT2D eigenvalue weighted by Crippen LogP contribution is 2.18. The Hall–Kier alpha value is -0.900. The van der Waals surface area contributed by atoms with Gasteiger partial charge in [-0.1, -0.05) is 48.9 Å². The highest BCUT2D eigenvalue weighted by atomic mass is 35.5. The van der Waals surface area contributed by atoms with Crippen LogP contribution in [0.2, 0.25) is 4.34 Å². The van der Waals surface area contributed by atoms with Gasteiger partial charge in [-0.2, -0.15) is 0 Å². The third-order valence-electron chi connectivity index (χ3n) is 2.62. The van der Waals surface area contributed by atoms with Gasteiger partial charge < -0.3 is 5.32 Å². The fourth-order valence-corrected chi connectivity index (χ4v) is 2.59. The van der Waals surface area contributed by atoms with E-state index in [9.17, 15) is 0 Å². The summed E-state index contributed by atoms with van der Waals surface area (Å²) in [5.41, 5.74) is 1.36. The first-order valence-electron chi connectivity index (χ1n) is 5.61. The molecule has 0 bridgehead atoms. The standard InChI is InChI=1S/C13H15ClN2S/c1-10(11-5-3-2-4-6-11)7-15-9-13-16-8-12(14)17-13/h2-6,8,10,15H,7,9H2,1H3. The molecule has 0 spiro atoms. The minimum atomic E-state index is 0.506. The van der Waals surface area contributed by atoms with Gasteiger partial charge in [0.25, 0.3) is 0 Å². The largest absolute Gasteiger partial charge is 0.310 e. The Morgan fingerprint density at radius 2 is 2.12 bits per heavy atom. The zero-order valence-corrected chi connectivity index (χ0v) is 11.3. The molecule has 0 amide bonds. The van der Waals surface area contributed by atoms with Crippen LogP contribution in [0.4, 0.5) is 0 Å². The van der Waals surface area contributed by atoms with Crippen molar-refractivity contribution in [1.82, 2.24) is 10.3 Å². The van der Waals surface area contributed by atoms with Crippen molar-refractivity contribution in [3.8, 4) is 0 Å². The molecule has 90 valence electrons. The smallest absolute Gasteiger partial charge is 0.113 e. The second-order valence-corrected chi connectivity index (χ2v) is 5.75. The van der Waals surface area contributed by atoms with Crippen molar-refractivity contribution in [2.75, 3.05) is 6.54 Å². The Balaban J connectivity index is 1.79. The molecule has 1 heterocycles. The molecule has 1 atom stereocenters. The summed E-state index contributed by atoms with van der Waals surface area (Å²) in [5, 5.41) is 4.44. The fourth-order valence-electron chi connectivity index (χ4n) is 1.66. The average Bonchev–Trinajstić information content (AvgIpc) is 2.76. The number of hydrogen-bond donors (Lipinski definition) is 1. The molecule has 17 heavy (non-hydrogen) atoms. The van der Waals surface area contributed by atoms with E-state index in [1.165, 1.54) is 16.9 Å². The molecular formula is C13H15ClN2S. The monoisotopic (exact) mass is 266 g/mol. The predicted octanol–water partition coefficient (Wildman–Crippen LogP) is 3.69.